The van der Waals surface area contributed by atoms with Crippen LogP contribution in [0.3, 0.4) is 0 Å². The molecule has 4 N–H and O–H groups in total. The average molecular weight is 265 g/mol. The SMILES string of the molecule is CC(C)(C)OC(=O)Nc1ccc(NC(=O)CN)cc1. The molecule has 0 unspecified atom stereocenters. The lowest BCUT2D eigenvalue weighted by molar-refractivity contribution is -0.114. The van der Waals surface area contributed by atoms with Gasteiger partial charge in [0, 0.05) is 11.4 Å². The van der Waals surface area contributed by atoms with Gasteiger partial charge in [-0.05, 0) is 45.0 Å². The smallest absolute Gasteiger partial charge is 0.412 e. The number of carbonyl (C=O) groups excluding carboxylic acids is 2. The summed E-state index contributed by atoms with van der Waals surface area (Å²) in [6.45, 7) is 5.30. The van der Waals surface area contributed by atoms with Crippen LogP contribution in [0.5, 0.6) is 0 Å². The van der Waals surface area contributed by atoms with Crippen molar-refractivity contribution < 1.29 is 14.3 Å². The lowest BCUT2D eigenvalue weighted by Gasteiger charge is -2.19. The molecule has 0 saturated carbocycles. The van der Waals surface area contributed by atoms with Gasteiger partial charge in [0.2, 0.25) is 5.91 Å². The Kier molecular flexibility index (Phi) is 4.88. The van der Waals surface area contributed by atoms with Crippen molar-refractivity contribution in [1.29, 1.82) is 0 Å². The maximum atomic E-state index is 11.5. The van der Waals surface area contributed by atoms with Gasteiger partial charge in [-0.3, -0.25) is 10.1 Å². The summed E-state index contributed by atoms with van der Waals surface area (Å²) < 4.78 is 5.12. The molecule has 0 bridgehead atoms. The standard InChI is InChI=1S/C13H19N3O3/c1-13(2,3)19-12(18)16-10-6-4-9(5-7-10)15-11(17)8-14/h4-7H,8,14H2,1-3H3,(H,15,17)(H,16,18). The number of anilines is 2. The molecule has 0 aliphatic carbocycles. The highest BCUT2D eigenvalue weighted by molar-refractivity contribution is 5.92. The molecule has 0 aliphatic heterocycles. The third-order valence-corrected chi connectivity index (χ3v) is 2.00. The van der Waals surface area contributed by atoms with Gasteiger partial charge in [-0.15, -0.1) is 0 Å². The van der Waals surface area contributed by atoms with Gasteiger partial charge in [-0.1, -0.05) is 0 Å². The summed E-state index contributed by atoms with van der Waals surface area (Å²) in [5, 5.41) is 5.20. The Hall–Kier alpha value is -2.08. The second-order valence-electron chi connectivity index (χ2n) is 4.96. The minimum atomic E-state index is -0.543. The van der Waals surface area contributed by atoms with E-state index < -0.39 is 11.7 Å². The van der Waals surface area contributed by atoms with Crippen molar-refractivity contribution in [1.82, 2.24) is 0 Å². The lowest BCUT2D eigenvalue weighted by atomic mass is 10.2. The van der Waals surface area contributed by atoms with E-state index in [-0.39, 0.29) is 12.5 Å². The zero-order valence-electron chi connectivity index (χ0n) is 11.3. The van der Waals surface area contributed by atoms with E-state index in [4.69, 9.17) is 10.5 Å². The second-order valence-corrected chi connectivity index (χ2v) is 4.96. The molecule has 1 aromatic carbocycles. The Balaban J connectivity index is 2.57. The normalized spacial score (nSPS) is 10.7. The number of benzene rings is 1. The topological polar surface area (TPSA) is 93.5 Å². The zero-order chi connectivity index (χ0) is 14.5. The van der Waals surface area contributed by atoms with Crippen LogP contribution in [0.4, 0.5) is 16.2 Å². The Morgan fingerprint density at radius 2 is 1.58 bits per heavy atom. The van der Waals surface area contributed by atoms with Gasteiger partial charge in [0.25, 0.3) is 0 Å². The van der Waals surface area contributed by atoms with Crippen LogP contribution in [0.25, 0.3) is 0 Å². The van der Waals surface area contributed by atoms with E-state index in [1.54, 1.807) is 45.0 Å². The Morgan fingerprint density at radius 1 is 1.11 bits per heavy atom. The molecule has 0 radical (unpaired) electrons. The minimum absolute atomic E-state index is 0.0715. The Labute approximate surface area is 112 Å². The minimum Gasteiger partial charge on any atom is -0.444 e. The molecule has 1 rings (SSSR count). The second kappa shape index (κ2) is 6.19. The monoisotopic (exact) mass is 265 g/mol. The highest BCUT2D eigenvalue weighted by Gasteiger charge is 2.16. The van der Waals surface area contributed by atoms with Gasteiger partial charge < -0.3 is 15.8 Å². The summed E-state index contributed by atoms with van der Waals surface area (Å²) in [5.74, 6) is -0.271. The summed E-state index contributed by atoms with van der Waals surface area (Å²) in [6.07, 6.45) is -0.522. The number of carbonyl (C=O) groups is 2. The molecule has 0 aromatic heterocycles. The van der Waals surface area contributed by atoms with Crippen molar-refractivity contribution in [3.05, 3.63) is 24.3 Å². The molecule has 0 aliphatic rings. The van der Waals surface area contributed by atoms with Crippen molar-refractivity contribution in [3.63, 3.8) is 0 Å². The van der Waals surface area contributed by atoms with Gasteiger partial charge in [0.1, 0.15) is 5.60 Å². The van der Waals surface area contributed by atoms with Crippen LogP contribution in [0.2, 0.25) is 0 Å². The van der Waals surface area contributed by atoms with Crippen molar-refractivity contribution in [3.8, 4) is 0 Å². The molecule has 6 heteroatoms. The van der Waals surface area contributed by atoms with E-state index in [9.17, 15) is 9.59 Å². The van der Waals surface area contributed by atoms with Gasteiger partial charge in [-0.2, -0.15) is 0 Å². The largest absolute Gasteiger partial charge is 0.444 e. The number of nitrogens with two attached hydrogens (primary N) is 1. The van der Waals surface area contributed by atoms with E-state index in [1.165, 1.54) is 0 Å². The third kappa shape index (κ3) is 5.87. The first kappa shape index (κ1) is 15.0. The molecule has 19 heavy (non-hydrogen) atoms. The van der Waals surface area contributed by atoms with Crippen LogP contribution in [-0.2, 0) is 9.53 Å². The molecule has 2 amide bonds. The van der Waals surface area contributed by atoms with E-state index >= 15 is 0 Å². The van der Waals surface area contributed by atoms with Gasteiger partial charge >= 0.3 is 6.09 Å². The zero-order valence-corrected chi connectivity index (χ0v) is 11.3. The van der Waals surface area contributed by atoms with Crippen molar-refractivity contribution in [2.24, 2.45) is 5.73 Å². The first-order valence-corrected chi connectivity index (χ1v) is 5.90. The van der Waals surface area contributed by atoms with Crippen molar-refractivity contribution in [2.45, 2.75) is 26.4 Å². The molecular weight excluding hydrogens is 246 g/mol. The number of nitrogens with one attached hydrogen (secondary N) is 2. The summed E-state index contributed by atoms with van der Waals surface area (Å²) >= 11 is 0. The van der Waals surface area contributed by atoms with E-state index in [2.05, 4.69) is 10.6 Å². The number of ether oxygens (including phenoxy) is 1. The Bertz CT molecular complexity index is 449. The molecule has 0 spiro atoms. The maximum absolute atomic E-state index is 11.5. The first-order chi connectivity index (χ1) is 8.80. The van der Waals surface area contributed by atoms with Crippen LogP contribution < -0.4 is 16.4 Å². The molecule has 6 nitrogen and oxygen atoms in total. The third-order valence-electron chi connectivity index (χ3n) is 2.00. The molecule has 0 fully saturated rings. The maximum Gasteiger partial charge on any atom is 0.412 e. The Morgan fingerprint density at radius 3 is 2.00 bits per heavy atom. The summed E-state index contributed by atoms with van der Waals surface area (Å²) in [5.41, 5.74) is 5.85. The van der Waals surface area contributed by atoms with Crippen molar-refractivity contribution in [2.75, 3.05) is 17.2 Å². The summed E-state index contributed by atoms with van der Waals surface area (Å²) in [6, 6.07) is 6.66. The quantitative estimate of drug-likeness (QED) is 0.778. The van der Waals surface area contributed by atoms with Crippen molar-refractivity contribution >= 4 is 23.4 Å². The van der Waals surface area contributed by atoms with Gasteiger partial charge in [-0.25, -0.2) is 4.79 Å². The lowest BCUT2D eigenvalue weighted by Crippen LogP contribution is -2.27. The van der Waals surface area contributed by atoms with Crippen LogP contribution >= 0.6 is 0 Å². The fourth-order valence-electron chi connectivity index (χ4n) is 1.27. The number of amides is 2. The predicted molar refractivity (Wildman–Crippen MR) is 74.0 cm³/mol. The molecule has 0 saturated heterocycles. The molecule has 0 heterocycles. The fourth-order valence-corrected chi connectivity index (χ4v) is 1.27. The average Bonchev–Trinajstić information content (AvgIpc) is 2.29. The van der Waals surface area contributed by atoms with E-state index in [0.29, 0.717) is 11.4 Å². The summed E-state index contributed by atoms with van der Waals surface area (Å²) in [7, 11) is 0. The van der Waals surface area contributed by atoms with Crippen LogP contribution in [0.1, 0.15) is 20.8 Å². The predicted octanol–water partition coefficient (Wildman–Crippen LogP) is 1.93. The van der Waals surface area contributed by atoms with Crippen LogP contribution in [0, 0.1) is 0 Å². The van der Waals surface area contributed by atoms with Gasteiger partial charge in [0.15, 0.2) is 0 Å². The highest BCUT2D eigenvalue weighted by Crippen LogP contribution is 2.15. The fraction of sp³-hybridized carbons (Fsp3) is 0.385. The number of hydrogen-bond donors (Lipinski definition) is 3. The number of hydrogen-bond acceptors (Lipinski definition) is 4. The molecule has 1 aromatic rings. The summed E-state index contributed by atoms with van der Waals surface area (Å²) in [4.78, 5) is 22.6. The van der Waals surface area contributed by atoms with E-state index in [0.717, 1.165) is 0 Å². The molecular formula is C13H19N3O3. The molecule has 0 atom stereocenters. The first-order valence-electron chi connectivity index (χ1n) is 5.90. The van der Waals surface area contributed by atoms with Gasteiger partial charge in [0.05, 0.1) is 6.54 Å². The van der Waals surface area contributed by atoms with Crippen LogP contribution in [0.15, 0.2) is 24.3 Å². The van der Waals surface area contributed by atoms with Crippen LogP contribution in [-0.4, -0.2) is 24.1 Å². The number of rotatable bonds is 3. The molecule has 104 valence electrons. The van der Waals surface area contributed by atoms with E-state index in [1.807, 2.05) is 0 Å². The highest BCUT2D eigenvalue weighted by atomic mass is 16.6.